The van der Waals surface area contributed by atoms with Gasteiger partial charge < -0.3 is 14.6 Å². The molecule has 0 amide bonds. The molecule has 0 aliphatic heterocycles. The number of nitrogens with zero attached hydrogens (tertiary/aromatic N) is 1. The summed E-state index contributed by atoms with van der Waals surface area (Å²) < 4.78 is 13.0. The van der Waals surface area contributed by atoms with Crippen molar-refractivity contribution >= 4 is 0 Å². The number of pyridine rings is 1. The lowest BCUT2D eigenvalue weighted by Gasteiger charge is -2.19. The van der Waals surface area contributed by atoms with Gasteiger partial charge in [0.05, 0.1) is 5.60 Å². The highest BCUT2D eigenvalue weighted by atomic mass is 16.5. The molecule has 1 heterocycles. The second kappa shape index (κ2) is 8.53. The van der Waals surface area contributed by atoms with Crippen molar-refractivity contribution in [2.24, 2.45) is 0 Å². The van der Waals surface area contributed by atoms with Gasteiger partial charge in [0.25, 0.3) is 5.56 Å². The van der Waals surface area contributed by atoms with E-state index in [2.05, 4.69) is 0 Å². The van der Waals surface area contributed by atoms with Crippen LogP contribution in [-0.4, -0.2) is 21.9 Å². The zero-order valence-corrected chi connectivity index (χ0v) is 17.3. The van der Waals surface area contributed by atoms with Crippen LogP contribution in [-0.2, 0) is 6.61 Å². The molecule has 1 aromatic heterocycles. The van der Waals surface area contributed by atoms with Crippen LogP contribution in [0.3, 0.4) is 0 Å². The highest BCUT2D eigenvalue weighted by Crippen LogP contribution is 2.22. The van der Waals surface area contributed by atoms with E-state index in [1.54, 1.807) is 30.7 Å². The Balaban J connectivity index is 1.72. The fourth-order valence-electron chi connectivity index (χ4n) is 2.82. The van der Waals surface area contributed by atoms with Gasteiger partial charge in [-0.05, 0) is 75.2 Å². The van der Waals surface area contributed by atoms with E-state index in [0.29, 0.717) is 12.4 Å². The first-order valence-electron chi connectivity index (χ1n) is 9.58. The molecule has 5 nitrogen and oxygen atoms in total. The van der Waals surface area contributed by atoms with Crippen LogP contribution in [0.5, 0.6) is 11.5 Å². The van der Waals surface area contributed by atoms with Crippen molar-refractivity contribution in [2.45, 2.75) is 39.9 Å². The van der Waals surface area contributed by atoms with Gasteiger partial charge in [-0.2, -0.15) is 0 Å². The highest BCUT2D eigenvalue weighted by molar-refractivity contribution is 5.44. The second-order valence-corrected chi connectivity index (χ2v) is 7.90. The average molecular weight is 393 g/mol. The minimum Gasteiger partial charge on any atom is -0.490 e. The molecule has 1 N–H and O–H groups in total. The lowest BCUT2D eigenvalue weighted by molar-refractivity contribution is 0.0282. The molecule has 2 aromatic carbocycles. The molecule has 0 atom stereocenters. The molecule has 0 saturated carbocycles. The van der Waals surface area contributed by atoms with Crippen LogP contribution in [0.25, 0.3) is 5.69 Å². The quantitative estimate of drug-likeness (QED) is 0.654. The Labute approximate surface area is 171 Å². The lowest BCUT2D eigenvalue weighted by atomic mass is 10.1. The Bertz CT molecular complexity index is 1030. The number of hydrogen-bond acceptors (Lipinski definition) is 4. The first-order valence-corrected chi connectivity index (χ1v) is 9.58. The molecule has 29 heavy (non-hydrogen) atoms. The van der Waals surface area contributed by atoms with Crippen molar-refractivity contribution < 1.29 is 14.6 Å². The number of rotatable bonds is 7. The first kappa shape index (κ1) is 20.7. The third kappa shape index (κ3) is 5.72. The van der Waals surface area contributed by atoms with Gasteiger partial charge in [0.2, 0.25) is 0 Å². The van der Waals surface area contributed by atoms with Gasteiger partial charge >= 0.3 is 0 Å². The van der Waals surface area contributed by atoms with Crippen LogP contribution < -0.4 is 15.0 Å². The Morgan fingerprint density at radius 1 is 0.966 bits per heavy atom. The first-order chi connectivity index (χ1) is 13.7. The van der Waals surface area contributed by atoms with Gasteiger partial charge in [0.15, 0.2) is 0 Å². The van der Waals surface area contributed by atoms with Crippen molar-refractivity contribution in [2.75, 3.05) is 6.61 Å². The number of ether oxygens (including phenoxy) is 2. The summed E-state index contributed by atoms with van der Waals surface area (Å²) in [6.45, 7) is 7.86. The zero-order valence-electron chi connectivity index (χ0n) is 17.3. The SMILES string of the molecule is Cc1ccc(OCc2ccn(-c3ccc(OCC(C)(C)O)c(C)c3)c(=O)c2)cc1. The van der Waals surface area contributed by atoms with Gasteiger partial charge in [-0.1, -0.05) is 17.7 Å². The van der Waals surface area contributed by atoms with Crippen molar-refractivity contribution in [3.63, 3.8) is 0 Å². The molecule has 0 fully saturated rings. The molecular weight excluding hydrogens is 366 g/mol. The van der Waals surface area contributed by atoms with Crippen molar-refractivity contribution in [1.29, 1.82) is 0 Å². The van der Waals surface area contributed by atoms with Crippen LogP contribution in [0.1, 0.15) is 30.5 Å². The van der Waals surface area contributed by atoms with E-state index in [0.717, 1.165) is 22.6 Å². The number of aryl methyl sites for hydroxylation is 2. The molecule has 0 aliphatic rings. The Morgan fingerprint density at radius 3 is 2.31 bits per heavy atom. The second-order valence-electron chi connectivity index (χ2n) is 7.90. The van der Waals surface area contributed by atoms with E-state index in [4.69, 9.17) is 9.47 Å². The lowest BCUT2D eigenvalue weighted by Crippen LogP contribution is -2.28. The molecule has 0 saturated heterocycles. The number of benzene rings is 2. The molecular formula is C24H27NO4. The molecule has 3 aromatic rings. The minimum absolute atomic E-state index is 0.125. The summed E-state index contributed by atoms with van der Waals surface area (Å²) in [4.78, 5) is 12.6. The molecule has 0 radical (unpaired) electrons. The molecule has 3 rings (SSSR count). The van der Waals surface area contributed by atoms with Crippen molar-refractivity contribution in [3.05, 3.63) is 87.8 Å². The normalized spacial score (nSPS) is 11.3. The average Bonchev–Trinajstić information content (AvgIpc) is 2.66. The van der Waals surface area contributed by atoms with Crippen molar-refractivity contribution in [1.82, 2.24) is 4.57 Å². The summed E-state index contributed by atoms with van der Waals surface area (Å²) in [5.41, 5.74) is 2.61. The van der Waals surface area contributed by atoms with Crippen LogP contribution in [0.4, 0.5) is 0 Å². The fraction of sp³-hybridized carbons (Fsp3) is 0.292. The van der Waals surface area contributed by atoms with E-state index in [1.807, 2.05) is 62.4 Å². The standard InChI is InChI=1S/C24H27NO4/c1-17-5-8-21(9-6-17)28-15-19-11-12-25(23(26)14-19)20-7-10-22(18(2)13-20)29-16-24(3,4)27/h5-14,27H,15-16H2,1-4H3. The van der Waals surface area contributed by atoms with Gasteiger partial charge in [-0.25, -0.2) is 0 Å². The van der Waals surface area contributed by atoms with E-state index < -0.39 is 5.60 Å². The summed E-state index contributed by atoms with van der Waals surface area (Å²) in [6.07, 6.45) is 1.75. The molecule has 152 valence electrons. The minimum atomic E-state index is -0.904. The topological polar surface area (TPSA) is 60.7 Å². The maximum absolute atomic E-state index is 12.6. The Morgan fingerprint density at radius 2 is 1.69 bits per heavy atom. The summed E-state index contributed by atoms with van der Waals surface area (Å²) in [5.74, 6) is 1.46. The van der Waals surface area contributed by atoms with Crippen LogP contribution >= 0.6 is 0 Å². The van der Waals surface area contributed by atoms with Gasteiger partial charge in [0, 0.05) is 18.0 Å². The maximum Gasteiger partial charge on any atom is 0.255 e. The van der Waals surface area contributed by atoms with Crippen LogP contribution in [0.2, 0.25) is 0 Å². The smallest absolute Gasteiger partial charge is 0.255 e. The van der Waals surface area contributed by atoms with E-state index in [1.165, 1.54) is 5.56 Å². The summed E-state index contributed by atoms with van der Waals surface area (Å²) in [7, 11) is 0. The van der Waals surface area contributed by atoms with Gasteiger partial charge in [0.1, 0.15) is 24.7 Å². The predicted molar refractivity (Wildman–Crippen MR) is 114 cm³/mol. The third-order valence-corrected chi connectivity index (χ3v) is 4.43. The number of aromatic nitrogens is 1. The van der Waals surface area contributed by atoms with Crippen LogP contribution in [0.15, 0.2) is 65.6 Å². The summed E-state index contributed by atoms with van der Waals surface area (Å²) >= 11 is 0. The molecule has 0 spiro atoms. The Hall–Kier alpha value is -3.05. The fourth-order valence-corrected chi connectivity index (χ4v) is 2.82. The maximum atomic E-state index is 12.6. The van der Waals surface area contributed by atoms with Crippen molar-refractivity contribution in [3.8, 4) is 17.2 Å². The molecule has 0 bridgehead atoms. The third-order valence-electron chi connectivity index (χ3n) is 4.43. The van der Waals surface area contributed by atoms with E-state index in [9.17, 15) is 9.90 Å². The van der Waals surface area contributed by atoms with Gasteiger partial charge in [-0.15, -0.1) is 0 Å². The highest BCUT2D eigenvalue weighted by Gasteiger charge is 2.14. The predicted octanol–water partition coefficient (Wildman–Crippen LogP) is 4.18. The molecule has 0 aliphatic carbocycles. The monoisotopic (exact) mass is 393 g/mol. The largest absolute Gasteiger partial charge is 0.490 e. The number of hydrogen-bond donors (Lipinski definition) is 1. The Kier molecular flexibility index (Phi) is 6.09. The molecule has 0 unspecified atom stereocenters. The zero-order chi connectivity index (χ0) is 21.0. The van der Waals surface area contributed by atoms with Gasteiger partial charge in [-0.3, -0.25) is 9.36 Å². The summed E-state index contributed by atoms with van der Waals surface area (Å²) in [5, 5.41) is 9.81. The number of aliphatic hydroxyl groups is 1. The van der Waals surface area contributed by atoms with E-state index in [-0.39, 0.29) is 12.2 Å². The van der Waals surface area contributed by atoms with Crippen LogP contribution in [0, 0.1) is 13.8 Å². The summed E-state index contributed by atoms with van der Waals surface area (Å²) in [6, 6.07) is 16.8. The molecule has 5 heteroatoms. The van der Waals surface area contributed by atoms with E-state index >= 15 is 0 Å².